The van der Waals surface area contributed by atoms with Crippen molar-refractivity contribution in [2.45, 2.75) is 51.2 Å². The van der Waals surface area contributed by atoms with Crippen molar-refractivity contribution in [1.29, 1.82) is 0 Å². The molecule has 0 saturated heterocycles. The second kappa shape index (κ2) is 6.85. The summed E-state index contributed by atoms with van der Waals surface area (Å²) in [6.45, 7) is 11.1. The minimum absolute atomic E-state index is 0.735. The molecule has 0 saturated carbocycles. The molecule has 21 heavy (non-hydrogen) atoms. The smallest absolute Gasteiger partial charge is 0.194 e. The molecule has 0 spiro atoms. The Morgan fingerprint density at radius 3 is 2.29 bits per heavy atom. The normalized spacial score (nSPS) is 10.7. The molecule has 1 N–H and O–H groups in total. The fourth-order valence-electron chi connectivity index (χ4n) is 1.83. The number of hydrogen-bond donors (Lipinski definition) is 1. The Balaban J connectivity index is 2.27. The molecule has 2 rings (SSSR count). The fourth-order valence-corrected chi connectivity index (χ4v) is 2.72. The molecule has 5 nitrogen and oxygen atoms in total. The van der Waals surface area contributed by atoms with Crippen LogP contribution in [0.3, 0.4) is 0 Å². The number of aromatic nitrogens is 4. The van der Waals surface area contributed by atoms with Crippen molar-refractivity contribution in [2.75, 3.05) is 11.9 Å². The lowest BCUT2D eigenvalue weighted by atomic mass is 10.2. The topological polar surface area (TPSA) is 63.6 Å². The first-order chi connectivity index (χ1) is 10.0. The first kappa shape index (κ1) is 15.7. The number of rotatable bonds is 5. The maximum atomic E-state index is 4.53. The van der Waals surface area contributed by atoms with Gasteiger partial charge in [0, 0.05) is 23.5 Å². The molecule has 2 aromatic rings. The van der Waals surface area contributed by atoms with Gasteiger partial charge >= 0.3 is 0 Å². The van der Waals surface area contributed by atoms with E-state index >= 15 is 0 Å². The van der Waals surface area contributed by atoms with E-state index in [0.29, 0.717) is 0 Å². The van der Waals surface area contributed by atoms with Gasteiger partial charge in [-0.25, -0.2) is 19.9 Å². The lowest BCUT2D eigenvalue weighted by molar-refractivity contribution is 0.874. The molecule has 0 amide bonds. The van der Waals surface area contributed by atoms with Crippen LogP contribution in [-0.4, -0.2) is 26.5 Å². The maximum Gasteiger partial charge on any atom is 0.194 e. The lowest BCUT2D eigenvalue weighted by Crippen LogP contribution is -2.05. The van der Waals surface area contributed by atoms with Crippen molar-refractivity contribution >= 4 is 17.6 Å². The number of hydrogen-bond acceptors (Lipinski definition) is 6. The van der Waals surface area contributed by atoms with Crippen LogP contribution in [0.4, 0.5) is 5.82 Å². The minimum atomic E-state index is 0.735. The number of nitrogens with zero attached hydrogens (tertiary/aromatic N) is 4. The van der Waals surface area contributed by atoms with Gasteiger partial charge in [-0.2, -0.15) is 0 Å². The molecule has 6 heteroatoms. The largest absolute Gasteiger partial charge is 0.370 e. The van der Waals surface area contributed by atoms with E-state index in [4.69, 9.17) is 0 Å². The van der Waals surface area contributed by atoms with Crippen molar-refractivity contribution < 1.29 is 0 Å². The van der Waals surface area contributed by atoms with Gasteiger partial charge in [-0.05, 0) is 51.4 Å². The first-order valence-electron chi connectivity index (χ1n) is 7.08. The van der Waals surface area contributed by atoms with Crippen LogP contribution in [0.25, 0.3) is 0 Å². The summed E-state index contributed by atoms with van der Waals surface area (Å²) in [5, 5.41) is 4.95. The van der Waals surface area contributed by atoms with E-state index in [0.717, 1.165) is 51.5 Å². The molecule has 2 aromatic heterocycles. The Bertz CT molecular complexity index is 619. The number of anilines is 1. The van der Waals surface area contributed by atoms with Crippen molar-refractivity contribution in [3.8, 4) is 0 Å². The standard InChI is InChI=1S/C15H21N5S/c1-6-7-16-13-10(3)14(18-8-17-13)21-15-19-11(4)9(2)12(5)20-15/h8H,6-7H2,1-5H3,(H,16,17,18). The van der Waals surface area contributed by atoms with Gasteiger partial charge in [0.1, 0.15) is 17.2 Å². The zero-order valence-corrected chi connectivity index (χ0v) is 14.0. The Morgan fingerprint density at radius 2 is 1.67 bits per heavy atom. The average Bonchev–Trinajstić information content (AvgIpc) is 2.45. The van der Waals surface area contributed by atoms with Crippen molar-refractivity contribution in [2.24, 2.45) is 0 Å². The molecular formula is C15H21N5S. The Hall–Kier alpha value is -1.69. The highest BCUT2D eigenvalue weighted by molar-refractivity contribution is 7.99. The Kier molecular flexibility index (Phi) is 5.12. The Labute approximate surface area is 130 Å². The van der Waals surface area contributed by atoms with Crippen molar-refractivity contribution in [3.05, 3.63) is 28.8 Å². The van der Waals surface area contributed by atoms with Crippen LogP contribution in [-0.2, 0) is 0 Å². The van der Waals surface area contributed by atoms with E-state index in [-0.39, 0.29) is 0 Å². The minimum Gasteiger partial charge on any atom is -0.370 e. The SMILES string of the molecule is CCCNc1ncnc(Sc2nc(C)c(C)c(C)n2)c1C. The average molecular weight is 303 g/mol. The maximum absolute atomic E-state index is 4.53. The molecular weight excluding hydrogens is 282 g/mol. The first-order valence-corrected chi connectivity index (χ1v) is 7.89. The Morgan fingerprint density at radius 1 is 1.00 bits per heavy atom. The second-order valence-corrected chi connectivity index (χ2v) is 5.94. The molecule has 0 aromatic carbocycles. The number of aryl methyl sites for hydroxylation is 2. The van der Waals surface area contributed by atoms with Gasteiger partial charge in [-0.1, -0.05) is 6.92 Å². The van der Waals surface area contributed by atoms with Crippen LogP contribution >= 0.6 is 11.8 Å². The fraction of sp³-hybridized carbons (Fsp3) is 0.467. The summed E-state index contributed by atoms with van der Waals surface area (Å²) < 4.78 is 0. The van der Waals surface area contributed by atoms with E-state index in [9.17, 15) is 0 Å². The molecule has 0 aliphatic rings. The van der Waals surface area contributed by atoms with Crippen LogP contribution in [0.5, 0.6) is 0 Å². The van der Waals surface area contributed by atoms with Gasteiger partial charge in [0.25, 0.3) is 0 Å². The molecule has 0 aliphatic heterocycles. The highest BCUT2D eigenvalue weighted by Crippen LogP contribution is 2.29. The van der Waals surface area contributed by atoms with Gasteiger partial charge in [-0.3, -0.25) is 0 Å². The van der Waals surface area contributed by atoms with E-state index < -0.39 is 0 Å². The lowest BCUT2D eigenvalue weighted by Gasteiger charge is -2.11. The summed E-state index contributed by atoms with van der Waals surface area (Å²) in [6.07, 6.45) is 2.65. The predicted molar refractivity (Wildman–Crippen MR) is 85.9 cm³/mol. The third-order valence-electron chi connectivity index (χ3n) is 3.38. The van der Waals surface area contributed by atoms with Crippen LogP contribution in [0.15, 0.2) is 16.5 Å². The van der Waals surface area contributed by atoms with Gasteiger partial charge in [0.05, 0.1) is 0 Å². The zero-order chi connectivity index (χ0) is 15.4. The summed E-state index contributed by atoms with van der Waals surface area (Å²) in [7, 11) is 0. The zero-order valence-electron chi connectivity index (χ0n) is 13.2. The molecule has 0 bridgehead atoms. The summed E-state index contributed by atoms with van der Waals surface area (Å²) in [5.74, 6) is 0.884. The van der Waals surface area contributed by atoms with Gasteiger partial charge < -0.3 is 5.32 Å². The third kappa shape index (κ3) is 3.69. The van der Waals surface area contributed by atoms with Gasteiger partial charge in [0.15, 0.2) is 5.16 Å². The van der Waals surface area contributed by atoms with Crippen LogP contribution < -0.4 is 5.32 Å². The molecule has 0 fully saturated rings. The molecule has 112 valence electrons. The molecule has 0 aliphatic carbocycles. The highest BCUT2D eigenvalue weighted by atomic mass is 32.2. The summed E-state index contributed by atoms with van der Waals surface area (Å²) >= 11 is 1.49. The third-order valence-corrected chi connectivity index (χ3v) is 4.35. The molecule has 0 atom stereocenters. The summed E-state index contributed by atoms with van der Waals surface area (Å²) in [6, 6.07) is 0. The molecule has 0 radical (unpaired) electrons. The molecule has 0 unspecified atom stereocenters. The van der Waals surface area contributed by atoms with E-state index in [1.807, 2.05) is 27.7 Å². The van der Waals surface area contributed by atoms with E-state index in [2.05, 4.69) is 32.2 Å². The number of nitrogens with one attached hydrogen (secondary N) is 1. The van der Waals surface area contributed by atoms with E-state index in [1.54, 1.807) is 6.33 Å². The van der Waals surface area contributed by atoms with E-state index in [1.165, 1.54) is 11.8 Å². The monoisotopic (exact) mass is 303 g/mol. The van der Waals surface area contributed by atoms with Crippen LogP contribution in [0, 0.1) is 27.7 Å². The van der Waals surface area contributed by atoms with Crippen LogP contribution in [0.1, 0.15) is 35.9 Å². The second-order valence-electron chi connectivity index (χ2n) is 4.98. The molecule has 2 heterocycles. The van der Waals surface area contributed by atoms with Gasteiger partial charge in [0.2, 0.25) is 0 Å². The highest BCUT2D eigenvalue weighted by Gasteiger charge is 2.11. The van der Waals surface area contributed by atoms with Crippen molar-refractivity contribution in [3.63, 3.8) is 0 Å². The van der Waals surface area contributed by atoms with Crippen LogP contribution in [0.2, 0.25) is 0 Å². The van der Waals surface area contributed by atoms with Crippen molar-refractivity contribution in [1.82, 2.24) is 19.9 Å². The van der Waals surface area contributed by atoms with Gasteiger partial charge in [-0.15, -0.1) is 0 Å². The summed E-state index contributed by atoms with van der Waals surface area (Å²) in [4.78, 5) is 17.7. The summed E-state index contributed by atoms with van der Waals surface area (Å²) in [5.41, 5.74) is 4.21. The predicted octanol–water partition coefficient (Wildman–Crippen LogP) is 3.47. The quantitative estimate of drug-likeness (QED) is 0.674.